The monoisotopic (exact) mass is 363 g/mol. The number of aliphatic hydroxyl groups excluding tert-OH is 1. The van der Waals surface area contributed by atoms with E-state index in [0.717, 1.165) is 5.19 Å². The van der Waals surface area contributed by atoms with Gasteiger partial charge in [-0.15, -0.1) is 0 Å². The SMILES string of the molecule is CC(=O)C[C@@H](O)c1cccc([Si](C)(C)C)c1C(=O)N(C(C)C)C(C)C. The molecular formula is C20H33NO3Si. The quantitative estimate of drug-likeness (QED) is 0.754. The first-order valence-corrected chi connectivity index (χ1v) is 12.5. The fourth-order valence-corrected chi connectivity index (χ4v) is 4.89. The number of carbonyl (C=O) groups is 2. The van der Waals surface area contributed by atoms with Crippen molar-refractivity contribution in [2.75, 3.05) is 0 Å². The molecule has 0 aliphatic carbocycles. The third-order valence-corrected chi connectivity index (χ3v) is 6.34. The molecule has 4 nitrogen and oxygen atoms in total. The van der Waals surface area contributed by atoms with E-state index in [2.05, 4.69) is 19.6 Å². The van der Waals surface area contributed by atoms with Crippen molar-refractivity contribution in [3.8, 4) is 0 Å². The van der Waals surface area contributed by atoms with Gasteiger partial charge in [0.05, 0.1) is 14.2 Å². The van der Waals surface area contributed by atoms with Gasteiger partial charge in [0.1, 0.15) is 5.78 Å². The number of ketones is 1. The van der Waals surface area contributed by atoms with E-state index >= 15 is 0 Å². The molecule has 5 heteroatoms. The summed E-state index contributed by atoms with van der Waals surface area (Å²) in [5.41, 5.74) is 1.17. The molecule has 0 heterocycles. The molecule has 1 amide bonds. The highest BCUT2D eigenvalue weighted by molar-refractivity contribution is 6.89. The van der Waals surface area contributed by atoms with Gasteiger partial charge in [-0.3, -0.25) is 9.59 Å². The minimum atomic E-state index is -1.82. The molecule has 0 saturated heterocycles. The third-order valence-electron chi connectivity index (χ3n) is 4.31. The Hall–Kier alpha value is -1.46. The van der Waals surface area contributed by atoms with Crippen molar-refractivity contribution in [3.05, 3.63) is 29.3 Å². The van der Waals surface area contributed by atoms with Crippen LogP contribution < -0.4 is 5.19 Å². The maximum atomic E-state index is 13.5. The highest BCUT2D eigenvalue weighted by Crippen LogP contribution is 2.25. The second-order valence-electron chi connectivity index (χ2n) is 8.34. The van der Waals surface area contributed by atoms with Gasteiger partial charge < -0.3 is 10.0 Å². The van der Waals surface area contributed by atoms with Crippen LogP contribution in [0.25, 0.3) is 0 Å². The van der Waals surface area contributed by atoms with Crippen molar-refractivity contribution in [2.24, 2.45) is 0 Å². The normalized spacial score (nSPS) is 13.2. The molecule has 0 fully saturated rings. The Balaban J connectivity index is 3.62. The van der Waals surface area contributed by atoms with Crippen LogP contribution in [0.3, 0.4) is 0 Å². The Bertz CT molecular complexity index is 624. The number of amides is 1. The van der Waals surface area contributed by atoms with Gasteiger partial charge in [0.2, 0.25) is 0 Å². The lowest BCUT2D eigenvalue weighted by Crippen LogP contribution is -2.49. The summed E-state index contributed by atoms with van der Waals surface area (Å²) in [6.45, 7) is 16.0. The van der Waals surface area contributed by atoms with Crippen molar-refractivity contribution >= 4 is 25.0 Å². The fourth-order valence-electron chi connectivity index (χ4n) is 3.29. The number of benzene rings is 1. The fraction of sp³-hybridized carbons (Fsp3) is 0.600. The Labute approximate surface area is 153 Å². The van der Waals surface area contributed by atoms with Crippen molar-refractivity contribution in [2.45, 2.75) is 78.9 Å². The summed E-state index contributed by atoms with van der Waals surface area (Å²) >= 11 is 0. The summed E-state index contributed by atoms with van der Waals surface area (Å²) in [6.07, 6.45) is -0.923. The Morgan fingerprint density at radius 1 is 1.08 bits per heavy atom. The summed E-state index contributed by atoms with van der Waals surface area (Å²) in [4.78, 5) is 26.8. The first-order valence-electron chi connectivity index (χ1n) is 9.01. The number of hydrogen-bond donors (Lipinski definition) is 1. The topological polar surface area (TPSA) is 57.6 Å². The van der Waals surface area contributed by atoms with Crippen LogP contribution in [0.2, 0.25) is 19.6 Å². The largest absolute Gasteiger partial charge is 0.388 e. The van der Waals surface area contributed by atoms with Crippen LogP contribution in [0, 0.1) is 0 Å². The van der Waals surface area contributed by atoms with Crippen LogP contribution in [0.4, 0.5) is 0 Å². The average molecular weight is 364 g/mol. The molecule has 1 N–H and O–H groups in total. The summed E-state index contributed by atoms with van der Waals surface area (Å²) in [5, 5.41) is 11.6. The standard InChI is InChI=1S/C20H33NO3Si/c1-13(2)21(14(3)4)20(24)19-16(17(23)12-15(5)22)10-9-11-18(19)25(6,7)8/h9-11,13-14,17,23H,12H2,1-8H3/t17-/m1/s1. The highest BCUT2D eigenvalue weighted by Gasteiger charge is 2.32. The molecule has 25 heavy (non-hydrogen) atoms. The molecular weight excluding hydrogens is 330 g/mol. The lowest BCUT2D eigenvalue weighted by Gasteiger charge is -2.34. The molecule has 0 aromatic heterocycles. The van der Waals surface area contributed by atoms with E-state index in [4.69, 9.17) is 0 Å². The van der Waals surface area contributed by atoms with E-state index in [1.807, 2.05) is 44.7 Å². The summed E-state index contributed by atoms with van der Waals surface area (Å²) in [5.74, 6) is -0.144. The third kappa shape index (κ3) is 5.25. The minimum absolute atomic E-state index is 0.0266. The number of carbonyl (C=O) groups excluding carboxylic acids is 2. The molecule has 1 rings (SSSR count). The van der Waals surface area contributed by atoms with Crippen LogP contribution in [0.15, 0.2) is 18.2 Å². The van der Waals surface area contributed by atoms with E-state index in [1.54, 1.807) is 6.07 Å². The zero-order valence-electron chi connectivity index (χ0n) is 16.9. The van der Waals surface area contributed by atoms with Crippen LogP contribution in [-0.4, -0.2) is 41.9 Å². The van der Waals surface area contributed by atoms with Crippen molar-refractivity contribution < 1.29 is 14.7 Å². The van der Waals surface area contributed by atoms with E-state index < -0.39 is 14.2 Å². The van der Waals surface area contributed by atoms with Crippen LogP contribution in [-0.2, 0) is 4.79 Å². The Morgan fingerprint density at radius 2 is 1.60 bits per heavy atom. The van der Waals surface area contributed by atoms with Gasteiger partial charge in [0, 0.05) is 24.1 Å². The number of Topliss-reactive ketones (excluding diaryl/α,β-unsaturated/α-hetero) is 1. The average Bonchev–Trinajstić information content (AvgIpc) is 2.43. The van der Waals surface area contributed by atoms with Crippen LogP contribution in [0.5, 0.6) is 0 Å². The van der Waals surface area contributed by atoms with Crippen molar-refractivity contribution in [3.63, 3.8) is 0 Å². The molecule has 0 bridgehead atoms. The number of nitrogens with zero attached hydrogens (tertiary/aromatic N) is 1. The maximum absolute atomic E-state index is 13.5. The molecule has 0 aliphatic heterocycles. The Kier molecular flexibility index (Phi) is 7.14. The maximum Gasteiger partial charge on any atom is 0.254 e. The van der Waals surface area contributed by atoms with Gasteiger partial charge in [0.15, 0.2) is 0 Å². The van der Waals surface area contributed by atoms with Crippen molar-refractivity contribution in [1.82, 2.24) is 4.90 Å². The predicted octanol–water partition coefficient (Wildman–Crippen LogP) is 3.50. The van der Waals surface area contributed by atoms with Gasteiger partial charge in [0.25, 0.3) is 5.91 Å². The molecule has 1 aromatic carbocycles. The van der Waals surface area contributed by atoms with E-state index in [0.29, 0.717) is 11.1 Å². The Morgan fingerprint density at radius 3 is 2.00 bits per heavy atom. The van der Waals surface area contributed by atoms with Gasteiger partial charge in [-0.1, -0.05) is 37.8 Å². The van der Waals surface area contributed by atoms with Gasteiger partial charge in [-0.25, -0.2) is 0 Å². The minimum Gasteiger partial charge on any atom is -0.388 e. The predicted molar refractivity (Wildman–Crippen MR) is 106 cm³/mol. The summed E-state index contributed by atoms with van der Waals surface area (Å²) in [7, 11) is -1.82. The summed E-state index contributed by atoms with van der Waals surface area (Å²) in [6, 6.07) is 5.78. The second-order valence-corrected chi connectivity index (χ2v) is 13.4. The molecule has 0 saturated carbocycles. The first kappa shape index (κ1) is 21.6. The first-order chi connectivity index (χ1) is 11.4. The molecule has 1 aromatic rings. The molecule has 0 aliphatic rings. The lowest BCUT2D eigenvalue weighted by atomic mass is 9.97. The van der Waals surface area contributed by atoms with E-state index in [1.165, 1.54) is 6.92 Å². The van der Waals surface area contributed by atoms with Crippen molar-refractivity contribution in [1.29, 1.82) is 0 Å². The smallest absolute Gasteiger partial charge is 0.254 e. The molecule has 0 radical (unpaired) electrons. The zero-order valence-corrected chi connectivity index (χ0v) is 17.9. The zero-order chi connectivity index (χ0) is 19.5. The molecule has 0 unspecified atom stereocenters. The van der Waals surface area contributed by atoms with Crippen LogP contribution in [0.1, 0.15) is 63.1 Å². The number of rotatable bonds is 7. The summed E-state index contributed by atoms with van der Waals surface area (Å²) < 4.78 is 0. The second kappa shape index (κ2) is 8.28. The molecule has 1 atom stereocenters. The van der Waals surface area contributed by atoms with Gasteiger partial charge in [-0.05, 0) is 45.4 Å². The van der Waals surface area contributed by atoms with Gasteiger partial charge in [-0.2, -0.15) is 0 Å². The number of hydrogen-bond acceptors (Lipinski definition) is 3. The van der Waals surface area contributed by atoms with E-state index in [9.17, 15) is 14.7 Å². The molecule has 140 valence electrons. The lowest BCUT2D eigenvalue weighted by molar-refractivity contribution is -0.118. The molecule has 0 spiro atoms. The van der Waals surface area contributed by atoms with Crippen LogP contribution >= 0.6 is 0 Å². The van der Waals surface area contributed by atoms with Gasteiger partial charge >= 0.3 is 0 Å². The number of aliphatic hydroxyl groups is 1. The van der Waals surface area contributed by atoms with E-state index in [-0.39, 0.29) is 30.2 Å². The highest BCUT2D eigenvalue weighted by atomic mass is 28.3.